The smallest absolute Gasteiger partial charge is 0.783 e. The Morgan fingerprint density at radius 1 is 0.864 bits per heavy atom. The van der Waals surface area contributed by atoms with Crippen LogP contribution in [0.15, 0.2) is 41.3 Å². The van der Waals surface area contributed by atoms with Crippen LogP contribution in [0.3, 0.4) is 0 Å². The first-order valence-electron chi connectivity index (χ1n) is 6.60. The van der Waals surface area contributed by atoms with Crippen molar-refractivity contribution in [1.29, 1.82) is 0 Å². The largest absolute Gasteiger partial charge is 1.00 e. The van der Waals surface area contributed by atoms with Gasteiger partial charge in [-0.15, -0.1) is 0 Å². The molecule has 22 heavy (non-hydrogen) atoms. The van der Waals surface area contributed by atoms with Crippen LogP contribution in [0.1, 0.15) is 22.3 Å². The second-order valence-electron chi connectivity index (χ2n) is 5.28. The maximum absolute atomic E-state index is 12.6. The molecule has 0 heterocycles. The molecule has 0 saturated carbocycles. The normalized spacial score (nSPS) is 13.1. The fourth-order valence-corrected chi connectivity index (χ4v) is 5.88. The molecule has 112 valence electrons. The Bertz CT molecular complexity index is 621. The van der Waals surface area contributed by atoms with Gasteiger partial charge in [-0.25, -0.2) is 0 Å². The first kappa shape index (κ1) is 20.2. The number of hydrogen-bond donors (Lipinski definition) is 0. The number of rotatable bonds is 4. The third-order valence-electron chi connectivity index (χ3n) is 2.82. The Hall–Kier alpha value is 0.200. The van der Waals surface area contributed by atoms with Crippen molar-refractivity contribution in [1.82, 2.24) is 0 Å². The molecule has 0 N–H and O–H groups in total. The van der Waals surface area contributed by atoms with Crippen molar-refractivity contribution in [2.75, 3.05) is 0 Å². The van der Waals surface area contributed by atoms with E-state index in [2.05, 4.69) is 6.07 Å². The van der Waals surface area contributed by atoms with Gasteiger partial charge in [0.25, 0.3) is 0 Å². The van der Waals surface area contributed by atoms with Gasteiger partial charge in [-0.2, -0.15) is 0 Å². The van der Waals surface area contributed by atoms with Crippen LogP contribution in [0.25, 0.3) is 0 Å². The molecule has 6 heteroatoms. The summed E-state index contributed by atoms with van der Waals surface area (Å²) in [5.41, 5.74) is 1.16. The zero-order chi connectivity index (χ0) is 15.6. The Morgan fingerprint density at radius 2 is 1.27 bits per heavy atom. The van der Waals surface area contributed by atoms with Gasteiger partial charge in [0.15, 0.2) is 0 Å². The monoisotopic (exact) mass is 360 g/mol. The summed E-state index contributed by atoms with van der Waals surface area (Å²) in [6, 6.07) is 11.8. The molecule has 0 radical (unpaired) electrons. The number of aryl methyl sites for hydroxylation is 4. The van der Waals surface area contributed by atoms with E-state index in [4.69, 9.17) is 16.3 Å². The summed E-state index contributed by atoms with van der Waals surface area (Å²) in [5, 5.41) is 0. The van der Waals surface area contributed by atoms with Gasteiger partial charge in [0.05, 0.1) is 0 Å². The summed E-state index contributed by atoms with van der Waals surface area (Å²) in [6.45, 7) is 7.97. The summed E-state index contributed by atoms with van der Waals surface area (Å²) < 4.78 is 5.58. The second-order valence-corrected chi connectivity index (χ2v) is 11.1. The van der Waals surface area contributed by atoms with Crippen LogP contribution >= 0.6 is 17.1 Å². The maximum Gasteiger partial charge on any atom is 1.00 e. The summed E-state index contributed by atoms with van der Waals surface area (Å²) in [5.74, 6) is 0.572. The molecule has 0 saturated heterocycles. The molecule has 0 amide bonds. The molecule has 0 aromatic heterocycles. The van der Waals surface area contributed by atoms with E-state index in [1.54, 1.807) is 0 Å². The fraction of sp³-hybridized carbons (Fsp3) is 0.250. The van der Waals surface area contributed by atoms with Gasteiger partial charge in [-0.3, -0.25) is 0 Å². The van der Waals surface area contributed by atoms with Gasteiger partial charge in [0.1, 0.15) is 11.4 Å². The van der Waals surface area contributed by atoms with Gasteiger partial charge < -0.3 is 9.42 Å². The molecule has 0 aliphatic carbocycles. The topological polar surface area (TPSA) is 32.3 Å². The summed E-state index contributed by atoms with van der Waals surface area (Å²) >= 11 is 6.31. The van der Waals surface area contributed by atoms with Gasteiger partial charge in [0, 0.05) is 4.90 Å². The molecule has 0 fully saturated rings. The Morgan fingerprint density at radius 3 is 1.73 bits per heavy atom. The van der Waals surface area contributed by atoms with Crippen molar-refractivity contribution in [3.8, 4) is 5.75 Å². The van der Waals surface area contributed by atoms with Crippen LogP contribution in [-0.2, 0) is 11.8 Å². The predicted molar refractivity (Wildman–Crippen MR) is 92.6 cm³/mol. The summed E-state index contributed by atoms with van der Waals surface area (Å²) in [6.07, 6.45) is 0. The van der Waals surface area contributed by atoms with E-state index in [1.807, 2.05) is 58.0 Å². The molecular weight excluding hydrogens is 342 g/mol. The van der Waals surface area contributed by atoms with E-state index in [9.17, 15) is 4.89 Å². The molecule has 0 aliphatic heterocycles. The molecule has 1 atom stereocenters. The van der Waals surface area contributed by atoms with Crippen molar-refractivity contribution in [2.24, 2.45) is 0 Å². The molecule has 0 aliphatic rings. The van der Waals surface area contributed by atoms with Gasteiger partial charge >= 0.3 is 29.6 Å². The van der Waals surface area contributed by atoms with Crippen LogP contribution in [0, 0.1) is 27.7 Å². The van der Waals surface area contributed by atoms with E-state index in [0.29, 0.717) is 5.75 Å². The predicted octanol–water partition coefficient (Wildman–Crippen LogP) is 1.68. The summed E-state index contributed by atoms with van der Waals surface area (Å²) in [7, 11) is 0. The van der Waals surface area contributed by atoms with E-state index >= 15 is 0 Å². The first-order valence-corrected chi connectivity index (χ1v) is 10.7. The van der Waals surface area contributed by atoms with Gasteiger partial charge in [0.2, 0.25) is 0 Å². The van der Waals surface area contributed by atoms with E-state index in [1.165, 1.54) is 0 Å². The van der Waals surface area contributed by atoms with E-state index in [-0.39, 0.29) is 29.6 Å². The number of benzene rings is 2. The quantitative estimate of drug-likeness (QED) is 0.614. The minimum atomic E-state index is -3.22. The zero-order valence-corrected chi connectivity index (χ0v) is 18.1. The average molecular weight is 360 g/mol. The zero-order valence-electron chi connectivity index (χ0n) is 13.5. The molecule has 1 unspecified atom stereocenters. The van der Waals surface area contributed by atoms with Crippen LogP contribution in [0.5, 0.6) is 5.75 Å². The minimum Gasteiger partial charge on any atom is -0.783 e. The van der Waals surface area contributed by atoms with Crippen LogP contribution in [0.4, 0.5) is 0 Å². The SMILES string of the molecule is Cc1cc(C)cc(OP([O-])(=S)Sc2cc(C)cc(C)c2)c1.[Na+]. The van der Waals surface area contributed by atoms with Crippen molar-refractivity contribution in [2.45, 2.75) is 32.6 Å². The minimum absolute atomic E-state index is 0. The standard InChI is InChI=1S/C16H19O2PS2.Na/c1-11-5-12(2)8-15(7-11)18-19(17,20)21-16-9-13(3)6-14(4)10-16;/h5-10H,1-4H3,(H,17,20);/q;+1/p-1. The Kier molecular flexibility index (Phi) is 7.68. The first-order chi connectivity index (χ1) is 9.73. The Balaban J connectivity index is 0.00000242. The van der Waals surface area contributed by atoms with Crippen molar-refractivity contribution in [3.63, 3.8) is 0 Å². The molecule has 0 bridgehead atoms. The van der Waals surface area contributed by atoms with E-state index < -0.39 is 5.69 Å². The molecule has 2 aromatic carbocycles. The molecule has 0 spiro atoms. The number of hydrogen-bond acceptors (Lipinski definition) is 4. The van der Waals surface area contributed by atoms with Crippen molar-refractivity contribution >= 4 is 28.9 Å². The van der Waals surface area contributed by atoms with E-state index in [0.717, 1.165) is 38.5 Å². The third-order valence-corrected chi connectivity index (χ3v) is 6.35. The molecule has 2 rings (SSSR count). The molecular formula is C16H18NaO2PS2. The maximum atomic E-state index is 12.6. The third kappa shape index (κ3) is 6.37. The van der Waals surface area contributed by atoms with Crippen molar-refractivity contribution < 1.29 is 39.0 Å². The van der Waals surface area contributed by atoms with Gasteiger partial charge in [-0.1, -0.05) is 35.3 Å². The second kappa shape index (κ2) is 8.34. The molecule has 2 aromatic rings. The van der Waals surface area contributed by atoms with Gasteiger partial charge in [-0.05, 0) is 74.2 Å². The average Bonchev–Trinajstić information content (AvgIpc) is 2.23. The van der Waals surface area contributed by atoms with Crippen LogP contribution in [0.2, 0.25) is 0 Å². The van der Waals surface area contributed by atoms with Crippen LogP contribution < -0.4 is 39.0 Å². The summed E-state index contributed by atoms with van der Waals surface area (Å²) in [4.78, 5) is 13.4. The fourth-order valence-electron chi connectivity index (χ4n) is 2.25. The Labute approximate surface area is 163 Å². The molecule has 2 nitrogen and oxygen atoms in total. The van der Waals surface area contributed by atoms with Crippen LogP contribution in [-0.4, -0.2) is 0 Å². The van der Waals surface area contributed by atoms with Crippen molar-refractivity contribution in [3.05, 3.63) is 58.7 Å².